The molecule has 22 heavy (non-hydrogen) atoms. The normalized spacial score (nSPS) is 13.6. The van der Waals surface area contributed by atoms with Gasteiger partial charge in [-0.25, -0.2) is 0 Å². The van der Waals surface area contributed by atoms with Crippen LogP contribution in [0.2, 0.25) is 0 Å². The number of nitrogens with zero attached hydrogens (tertiary/aromatic N) is 1. The van der Waals surface area contributed by atoms with Crippen molar-refractivity contribution in [1.82, 2.24) is 0 Å². The molecule has 0 unspecified atom stereocenters. The molecule has 0 spiro atoms. The van der Waals surface area contributed by atoms with E-state index in [1.54, 1.807) is 0 Å². The number of halogens is 2. The van der Waals surface area contributed by atoms with Gasteiger partial charge in [0.25, 0.3) is 0 Å². The second-order valence-corrected chi connectivity index (χ2v) is 7.10. The van der Waals surface area contributed by atoms with Crippen LogP contribution in [0.5, 0.6) is 0 Å². The number of hydrogen-bond donors (Lipinski definition) is 1. The number of benzene rings is 2. The Morgan fingerprint density at radius 3 is 2.86 bits per heavy atom. The topological polar surface area (TPSA) is 32.3 Å². The van der Waals surface area contributed by atoms with Gasteiger partial charge in [-0.05, 0) is 58.6 Å². The molecular formula is C17H16Br2N2O. The zero-order valence-corrected chi connectivity index (χ0v) is 15.2. The molecule has 114 valence electrons. The molecule has 1 N–H and O–H groups in total. The fourth-order valence-electron chi connectivity index (χ4n) is 2.73. The molecule has 2 aromatic carbocycles. The third-order valence-electron chi connectivity index (χ3n) is 3.74. The van der Waals surface area contributed by atoms with Gasteiger partial charge in [0.2, 0.25) is 5.91 Å². The lowest BCUT2D eigenvalue weighted by molar-refractivity contribution is -0.115. The minimum Gasteiger partial charge on any atom is -0.362 e. The first-order chi connectivity index (χ1) is 10.6. The minimum absolute atomic E-state index is 0.00416. The van der Waals surface area contributed by atoms with Crippen LogP contribution in [0.4, 0.5) is 11.4 Å². The zero-order valence-electron chi connectivity index (χ0n) is 12.0. The fourth-order valence-corrected chi connectivity index (χ4v) is 3.44. The Morgan fingerprint density at radius 1 is 1.18 bits per heavy atom. The van der Waals surface area contributed by atoms with E-state index in [1.807, 2.05) is 24.3 Å². The lowest BCUT2D eigenvalue weighted by atomic mass is 10.0. The molecule has 2 aromatic rings. The van der Waals surface area contributed by atoms with E-state index in [-0.39, 0.29) is 5.91 Å². The third-order valence-corrected chi connectivity index (χ3v) is 4.93. The van der Waals surface area contributed by atoms with Gasteiger partial charge in [-0.15, -0.1) is 0 Å². The predicted octanol–water partition coefficient (Wildman–Crippen LogP) is 4.60. The second kappa shape index (κ2) is 6.84. The maximum Gasteiger partial charge on any atom is 0.243 e. The van der Waals surface area contributed by atoms with Crippen molar-refractivity contribution in [3.05, 3.63) is 57.0 Å². The average Bonchev–Trinajstić information content (AvgIpc) is 2.51. The summed E-state index contributed by atoms with van der Waals surface area (Å²) in [6, 6.07) is 14.1. The molecular weight excluding hydrogens is 408 g/mol. The quantitative estimate of drug-likeness (QED) is 0.782. The van der Waals surface area contributed by atoms with Crippen LogP contribution in [0.1, 0.15) is 12.0 Å². The van der Waals surface area contributed by atoms with E-state index >= 15 is 0 Å². The number of fused-ring (bicyclic) bond motifs is 1. The van der Waals surface area contributed by atoms with Gasteiger partial charge in [0.05, 0.1) is 12.2 Å². The number of rotatable bonds is 3. The Balaban J connectivity index is 1.72. The lowest BCUT2D eigenvalue weighted by Gasteiger charge is -2.30. The average molecular weight is 424 g/mol. The highest BCUT2D eigenvalue weighted by Crippen LogP contribution is 2.28. The van der Waals surface area contributed by atoms with Crippen molar-refractivity contribution in [2.75, 3.05) is 23.3 Å². The molecule has 3 rings (SSSR count). The maximum absolute atomic E-state index is 12.4. The van der Waals surface area contributed by atoms with Crippen molar-refractivity contribution in [1.29, 1.82) is 0 Å². The number of carbonyl (C=O) groups is 1. The van der Waals surface area contributed by atoms with Gasteiger partial charge < -0.3 is 10.2 Å². The number of carbonyl (C=O) groups excluding carboxylic acids is 1. The monoisotopic (exact) mass is 422 g/mol. The van der Waals surface area contributed by atoms with Crippen LogP contribution >= 0.6 is 31.9 Å². The van der Waals surface area contributed by atoms with Gasteiger partial charge >= 0.3 is 0 Å². The zero-order chi connectivity index (χ0) is 15.5. The number of para-hydroxylation sites is 1. The van der Waals surface area contributed by atoms with Crippen molar-refractivity contribution in [2.45, 2.75) is 12.8 Å². The van der Waals surface area contributed by atoms with Gasteiger partial charge in [0.1, 0.15) is 0 Å². The summed E-state index contributed by atoms with van der Waals surface area (Å²) in [7, 11) is 0. The molecule has 3 nitrogen and oxygen atoms in total. The molecule has 0 atom stereocenters. The summed E-state index contributed by atoms with van der Waals surface area (Å²) in [6.07, 6.45) is 2.18. The highest BCUT2D eigenvalue weighted by atomic mass is 79.9. The van der Waals surface area contributed by atoms with Crippen LogP contribution in [0.25, 0.3) is 0 Å². The standard InChI is InChI=1S/C17H16Br2N2O/c18-13-7-8-14(19)15(10-13)20-17(22)11-21-9-3-5-12-4-1-2-6-16(12)21/h1-2,4,6-8,10H,3,5,9,11H2,(H,20,22). The molecule has 1 amide bonds. The van der Waals surface area contributed by atoms with Gasteiger partial charge in [0.15, 0.2) is 0 Å². The molecule has 0 aliphatic carbocycles. The molecule has 0 fully saturated rings. The number of anilines is 2. The highest BCUT2D eigenvalue weighted by molar-refractivity contribution is 9.11. The number of aryl methyl sites for hydroxylation is 1. The van der Waals surface area contributed by atoms with E-state index in [2.05, 4.69) is 60.3 Å². The van der Waals surface area contributed by atoms with Crippen molar-refractivity contribution in [2.24, 2.45) is 0 Å². The first-order valence-electron chi connectivity index (χ1n) is 7.21. The van der Waals surface area contributed by atoms with Crippen LogP contribution in [0.3, 0.4) is 0 Å². The van der Waals surface area contributed by atoms with Crippen LogP contribution in [0.15, 0.2) is 51.4 Å². The molecule has 1 aliphatic heterocycles. The number of hydrogen-bond acceptors (Lipinski definition) is 2. The molecule has 0 aromatic heterocycles. The summed E-state index contributed by atoms with van der Waals surface area (Å²) in [5.41, 5.74) is 3.28. The van der Waals surface area contributed by atoms with Crippen LogP contribution in [-0.4, -0.2) is 19.0 Å². The van der Waals surface area contributed by atoms with Gasteiger partial charge in [0, 0.05) is 21.2 Å². The van der Waals surface area contributed by atoms with Gasteiger partial charge in [-0.2, -0.15) is 0 Å². The first-order valence-corrected chi connectivity index (χ1v) is 8.80. The molecule has 0 radical (unpaired) electrons. The highest BCUT2D eigenvalue weighted by Gasteiger charge is 2.19. The minimum atomic E-state index is -0.00416. The van der Waals surface area contributed by atoms with E-state index in [4.69, 9.17) is 0 Å². The Labute approximate surface area is 147 Å². The molecule has 0 bridgehead atoms. The molecule has 0 saturated carbocycles. The number of nitrogens with one attached hydrogen (secondary N) is 1. The Morgan fingerprint density at radius 2 is 2.00 bits per heavy atom. The Kier molecular flexibility index (Phi) is 4.84. The summed E-state index contributed by atoms with van der Waals surface area (Å²) in [5, 5.41) is 2.97. The molecule has 0 saturated heterocycles. The predicted molar refractivity (Wildman–Crippen MR) is 97.4 cm³/mol. The molecule has 1 aliphatic rings. The maximum atomic E-state index is 12.4. The van der Waals surface area contributed by atoms with Crippen LogP contribution in [-0.2, 0) is 11.2 Å². The summed E-state index contributed by atoms with van der Waals surface area (Å²) in [4.78, 5) is 14.5. The molecule has 1 heterocycles. The van der Waals surface area contributed by atoms with E-state index in [0.29, 0.717) is 6.54 Å². The Bertz CT molecular complexity index is 703. The van der Waals surface area contributed by atoms with E-state index in [0.717, 1.165) is 34.0 Å². The van der Waals surface area contributed by atoms with E-state index in [1.165, 1.54) is 11.3 Å². The van der Waals surface area contributed by atoms with Crippen LogP contribution < -0.4 is 10.2 Å². The third kappa shape index (κ3) is 3.52. The Hall–Kier alpha value is -1.33. The fraction of sp³-hybridized carbons (Fsp3) is 0.235. The van der Waals surface area contributed by atoms with E-state index in [9.17, 15) is 4.79 Å². The van der Waals surface area contributed by atoms with Gasteiger partial charge in [-0.1, -0.05) is 34.1 Å². The summed E-state index contributed by atoms with van der Waals surface area (Å²) >= 11 is 6.88. The van der Waals surface area contributed by atoms with Crippen molar-refractivity contribution in [3.8, 4) is 0 Å². The summed E-state index contributed by atoms with van der Waals surface area (Å²) in [5.74, 6) is -0.00416. The summed E-state index contributed by atoms with van der Waals surface area (Å²) < 4.78 is 1.82. The van der Waals surface area contributed by atoms with Crippen molar-refractivity contribution >= 4 is 49.1 Å². The van der Waals surface area contributed by atoms with Crippen LogP contribution in [0, 0.1) is 0 Å². The van der Waals surface area contributed by atoms with E-state index < -0.39 is 0 Å². The lowest BCUT2D eigenvalue weighted by Crippen LogP contribution is -2.36. The largest absolute Gasteiger partial charge is 0.362 e. The van der Waals surface area contributed by atoms with Crippen molar-refractivity contribution < 1.29 is 4.79 Å². The van der Waals surface area contributed by atoms with Crippen molar-refractivity contribution in [3.63, 3.8) is 0 Å². The smallest absolute Gasteiger partial charge is 0.243 e. The SMILES string of the molecule is O=C(CN1CCCc2ccccc21)Nc1cc(Br)ccc1Br. The molecule has 5 heteroatoms. The van der Waals surface area contributed by atoms with Gasteiger partial charge in [-0.3, -0.25) is 4.79 Å². The summed E-state index contributed by atoms with van der Waals surface area (Å²) in [6.45, 7) is 1.29. The second-order valence-electron chi connectivity index (χ2n) is 5.33. The first kappa shape index (κ1) is 15.6. The number of amides is 1.